The summed E-state index contributed by atoms with van der Waals surface area (Å²) in [4.78, 5) is 12.1. The van der Waals surface area contributed by atoms with E-state index < -0.39 is 17.9 Å². The monoisotopic (exact) mass is 209 g/mol. The molecule has 1 atom stereocenters. The van der Waals surface area contributed by atoms with Crippen LogP contribution < -0.4 is 0 Å². The van der Waals surface area contributed by atoms with Crippen LogP contribution in [0.2, 0.25) is 0 Å². The first-order chi connectivity index (χ1) is 6.45. The first-order valence-electron chi connectivity index (χ1n) is 4.35. The highest BCUT2D eigenvalue weighted by Gasteiger charge is 2.38. The Morgan fingerprint density at radius 3 is 2.86 bits per heavy atom. The minimum absolute atomic E-state index is 0.0266. The van der Waals surface area contributed by atoms with E-state index in [0.29, 0.717) is 6.92 Å². The van der Waals surface area contributed by atoms with Gasteiger partial charge in [-0.05, 0) is 0 Å². The Labute approximate surface area is 80.4 Å². The lowest BCUT2D eigenvalue weighted by molar-refractivity contribution is -0.163. The van der Waals surface area contributed by atoms with Gasteiger partial charge in [-0.25, -0.2) is 0 Å². The molecule has 1 N–H and O–H groups in total. The average Bonchev–Trinajstić information content (AvgIpc) is 2.15. The third-order valence-electron chi connectivity index (χ3n) is 2.01. The highest BCUT2D eigenvalue weighted by Crippen LogP contribution is 2.17. The summed E-state index contributed by atoms with van der Waals surface area (Å²) < 4.78 is 30.3. The van der Waals surface area contributed by atoms with Crippen molar-refractivity contribution in [3.8, 4) is 0 Å². The van der Waals surface area contributed by atoms with Crippen molar-refractivity contribution in [2.24, 2.45) is 0 Å². The summed E-state index contributed by atoms with van der Waals surface area (Å²) in [5.74, 6) is -4.56. The molecule has 0 saturated carbocycles. The number of alkyl halides is 2. The highest BCUT2D eigenvalue weighted by molar-refractivity contribution is 5.83. The fraction of sp³-hybridized carbons (Fsp3) is 0.875. The second-order valence-electron chi connectivity index (χ2n) is 3.31. The van der Waals surface area contributed by atoms with E-state index in [0.717, 1.165) is 4.90 Å². The van der Waals surface area contributed by atoms with Gasteiger partial charge in [-0.1, -0.05) is 0 Å². The van der Waals surface area contributed by atoms with E-state index in [4.69, 9.17) is 9.84 Å². The summed E-state index contributed by atoms with van der Waals surface area (Å²) >= 11 is 0. The Hall–Kier alpha value is -0.750. The number of hydrogen-bond acceptors (Lipinski definition) is 3. The number of amides is 1. The minimum Gasteiger partial charge on any atom is -0.394 e. The molecule has 0 aromatic carbocycles. The van der Waals surface area contributed by atoms with Gasteiger partial charge in [0.1, 0.15) is 0 Å². The fourth-order valence-electron chi connectivity index (χ4n) is 1.29. The smallest absolute Gasteiger partial charge is 0.322 e. The number of carbonyl (C=O) groups is 1. The standard InChI is InChI=1S/C8H13F2NO3/c1-8(9,10)7(13)11-2-3-14-6(4-11)5-12/h6,12H,2-5H2,1H3. The van der Waals surface area contributed by atoms with Crippen LogP contribution in [0.15, 0.2) is 0 Å². The number of halogens is 2. The Bertz CT molecular complexity index is 217. The fourth-order valence-corrected chi connectivity index (χ4v) is 1.29. The third-order valence-corrected chi connectivity index (χ3v) is 2.01. The van der Waals surface area contributed by atoms with Crippen LogP contribution in [-0.4, -0.2) is 54.2 Å². The van der Waals surface area contributed by atoms with Gasteiger partial charge in [-0.3, -0.25) is 4.79 Å². The third kappa shape index (κ3) is 2.62. The summed E-state index contributed by atoms with van der Waals surface area (Å²) in [5, 5.41) is 8.74. The highest BCUT2D eigenvalue weighted by atomic mass is 19.3. The summed E-state index contributed by atoms with van der Waals surface area (Å²) in [7, 11) is 0. The first kappa shape index (κ1) is 11.3. The lowest BCUT2D eigenvalue weighted by Gasteiger charge is -2.33. The van der Waals surface area contributed by atoms with E-state index in [-0.39, 0.29) is 26.3 Å². The number of aliphatic hydroxyl groups excluding tert-OH is 1. The zero-order valence-electron chi connectivity index (χ0n) is 7.87. The molecular formula is C8H13F2NO3. The molecule has 1 fully saturated rings. The van der Waals surface area contributed by atoms with Crippen molar-refractivity contribution < 1.29 is 23.4 Å². The number of carbonyl (C=O) groups excluding carboxylic acids is 1. The molecular weight excluding hydrogens is 196 g/mol. The van der Waals surface area contributed by atoms with Gasteiger partial charge in [0.15, 0.2) is 0 Å². The number of morpholine rings is 1. The Balaban J connectivity index is 2.56. The van der Waals surface area contributed by atoms with E-state index in [1.165, 1.54) is 0 Å². The number of nitrogens with zero attached hydrogens (tertiary/aromatic N) is 1. The van der Waals surface area contributed by atoms with E-state index in [1.807, 2.05) is 0 Å². The number of ether oxygens (including phenoxy) is 1. The van der Waals surface area contributed by atoms with Crippen LogP contribution in [0.4, 0.5) is 8.78 Å². The molecule has 1 aliphatic rings. The maximum absolute atomic E-state index is 12.6. The summed E-state index contributed by atoms with van der Waals surface area (Å²) in [6, 6.07) is 0. The van der Waals surface area contributed by atoms with Gasteiger partial charge in [0.2, 0.25) is 0 Å². The second-order valence-corrected chi connectivity index (χ2v) is 3.31. The van der Waals surface area contributed by atoms with Crippen molar-refractivity contribution >= 4 is 5.91 Å². The molecule has 1 heterocycles. The summed E-state index contributed by atoms with van der Waals surface area (Å²) in [6.45, 7) is 0.669. The van der Waals surface area contributed by atoms with Crippen molar-refractivity contribution in [3.63, 3.8) is 0 Å². The van der Waals surface area contributed by atoms with Gasteiger partial charge in [0, 0.05) is 20.0 Å². The largest absolute Gasteiger partial charge is 0.394 e. The zero-order chi connectivity index (χ0) is 10.8. The molecule has 0 aromatic rings. The van der Waals surface area contributed by atoms with Crippen molar-refractivity contribution in [1.82, 2.24) is 4.90 Å². The number of aliphatic hydroxyl groups is 1. The molecule has 1 aliphatic heterocycles. The van der Waals surface area contributed by atoms with E-state index in [9.17, 15) is 13.6 Å². The van der Waals surface area contributed by atoms with Crippen LogP contribution >= 0.6 is 0 Å². The van der Waals surface area contributed by atoms with Crippen LogP contribution in [0, 0.1) is 0 Å². The molecule has 1 unspecified atom stereocenters. The molecule has 0 aromatic heterocycles. The minimum atomic E-state index is -3.35. The molecule has 82 valence electrons. The topological polar surface area (TPSA) is 49.8 Å². The van der Waals surface area contributed by atoms with E-state index >= 15 is 0 Å². The van der Waals surface area contributed by atoms with Gasteiger partial charge in [0.05, 0.1) is 19.3 Å². The van der Waals surface area contributed by atoms with E-state index in [1.54, 1.807) is 0 Å². The van der Waals surface area contributed by atoms with Gasteiger partial charge >= 0.3 is 5.92 Å². The predicted molar refractivity (Wildman–Crippen MR) is 44.0 cm³/mol. The molecule has 0 radical (unpaired) electrons. The first-order valence-corrected chi connectivity index (χ1v) is 4.35. The maximum Gasteiger partial charge on any atom is 0.322 e. The summed E-state index contributed by atoms with van der Waals surface area (Å²) in [6.07, 6.45) is -0.546. The van der Waals surface area contributed by atoms with Crippen LogP contribution in [0.5, 0.6) is 0 Å². The van der Waals surface area contributed by atoms with Crippen molar-refractivity contribution in [2.45, 2.75) is 19.0 Å². The lowest BCUT2D eigenvalue weighted by Crippen LogP contribution is -2.51. The maximum atomic E-state index is 12.6. The summed E-state index contributed by atoms with van der Waals surface area (Å²) in [5.41, 5.74) is 0. The van der Waals surface area contributed by atoms with Crippen molar-refractivity contribution in [2.75, 3.05) is 26.3 Å². The SMILES string of the molecule is CC(F)(F)C(=O)N1CCOC(CO)C1. The van der Waals surface area contributed by atoms with Gasteiger partial charge in [-0.15, -0.1) is 0 Å². The molecule has 1 rings (SSSR count). The quantitative estimate of drug-likeness (QED) is 0.688. The van der Waals surface area contributed by atoms with Crippen molar-refractivity contribution in [3.05, 3.63) is 0 Å². The van der Waals surface area contributed by atoms with Crippen LogP contribution in [0.25, 0.3) is 0 Å². The molecule has 6 heteroatoms. The zero-order valence-corrected chi connectivity index (χ0v) is 7.87. The van der Waals surface area contributed by atoms with Crippen molar-refractivity contribution in [1.29, 1.82) is 0 Å². The molecule has 14 heavy (non-hydrogen) atoms. The normalized spacial score (nSPS) is 23.7. The number of hydrogen-bond donors (Lipinski definition) is 1. The molecule has 0 spiro atoms. The molecule has 0 aliphatic carbocycles. The average molecular weight is 209 g/mol. The van der Waals surface area contributed by atoms with Gasteiger partial charge < -0.3 is 14.7 Å². The Kier molecular flexibility index (Phi) is 3.38. The Morgan fingerprint density at radius 2 is 2.36 bits per heavy atom. The molecule has 0 bridgehead atoms. The van der Waals surface area contributed by atoms with E-state index in [2.05, 4.69) is 0 Å². The second kappa shape index (κ2) is 4.18. The molecule has 1 saturated heterocycles. The Morgan fingerprint density at radius 1 is 1.71 bits per heavy atom. The van der Waals surface area contributed by atoms with Gasteiger partial charge in [-0.2, -0.15) is 8.78 Å². The van der Waals surface area contributed by atoms with Crippen LogP contribution in [0.3, 0.4) is 0 Å². The van der Waals surface area contributed by atoms with Crippen LogP contribution in [0.1, 0.15) is 6.92 Å². The van der Waals surface area contributed by atoms with Gasteiger partial charge in [0.25, 0.3) is 5.91 Å². The molecule has 1 amide bonds. The van der Waals surface area contributed by atoms with Crippen LogP contribution in [-0.2, 0) is 9.53 Å². The number of rotatable bonds is 2. The predicted octanol–water partition coefficient (Wildman–Crippen LogP) is -0.139. The lowest BCUT2D eigenvalue weighted by atomic mass is 10.2. The molecule has 4 nitrogen and oxygen atoms in total.